The van der Waals surface area contributed by atoms with Crippen LogP contribution in [0, 0.1) is 0 Å². The van der Waals surface area contributed by atoms with E-state index < -0.39 is 22.8 Å². The standard InChI is InChI=1S/C14H17OSi.C3H6.2ClH.Zr/c16-15-13-9-11-7-3-4-8-12(11)14(13)10-5-1-2-6-10;1-3-2;;;/h1-2,5,9H,3-4,6-8H2,16H3;1-2H3;2*1H;/q;;;;+2/p-2. The third-order valence-electron chi connectivity index (χ3n) is 4.41. The van der Waals surface area contributed by atoms with Crippen LogP contribution in [-0.2, 0) is 27.2 Å². The Labute approximate surface area is 160 Å². The molecule has 0 radical (unpaired) electrons. The summed E-state index contributed by atoms with van der Waals surface area (Å²) < 4.78 is 8.48. The summed E-state index contributed by atoms with van der Waals surface area (Å²) in [5, 5.41) is 0. The predicted octanol–water partition coefficient (Wildman–Crippen LogP) is -2.60. The maximum Gasteiger partial charge on any atom is -1.00 e. The molecule has 0 aromatic heterocycles. The van der Waals surface area contributed by atoms with E-state index in [1.165, 1.54) is 42.6 Å². The van der Waals surface area contributed by atoms with Crippen molar-refractivity contribution in [2.75, 3.05) is 0 Å². The van der Waals surface area contributed by atoms with E-state index in [0.717, 1.165) is 16.9 Å². The Balaban J connectivity index is 0.00000121. The van der Waals surface area contributed by atoms with Crippen LogP contribution in [0.15, 0.2) is 46.3 Å². The Morgan fingerprint density at radius 2 is 1.95 bits per heavy atom. The van der Waals surface area contributed by atoms with Crippen LogP contribution in [0.25, 0.3) is 0 Å². The molecule has 5 heteroatoms. The molecule has 3 rings (SSSR count). The first-order valence-corrected chi connectivity index (χ1v) is 11.1. The van der Waals surface area contributed by atoms with Crippen LogP contribution >= 0.6 is 0 Å². The minimum atomic E-state index is -0.518. The maximum absolute atomic E-state index is 6.08. The van der Waals surface area contributed by atoms with Gasteiger partial charge in [-0.15, -0.1) is 0 Å². The largest absolute Gasteiger partial charge is 1.00 e. The molecule has 3 aliphatic rings. The first-order chi connectivity index (χ1) is 9.72. The van der Waals surface area contributed by atoms with Crippen molar-refractivity contribution in [1.29, 1.82) is 0 Å². The zero-order valence-corrected chi connectivity index (χ0v) is 19.5. The topological polar surface area (TPSA) is 9.23 Å². The van der Waals surface area contributed by atoms with Crippen molar-refractivity contribution >= 4 is 13.7 Å². The average molecular weight is 434 g/mol. The Morgan fingerprint density at radius 1 is 1.23 bits per heavy atom. The summed E-state index contributed by atoms with van der Waals surface area (Å²) in [5.74, 6) is 1.38. The molecular formula is C17H23Cl2OSiZr. The van der Waals surface area contributed by atoms with E-state index in [-0.39, 0.29) is 24.8 Å². The van der Waals surface area contributed by atoms with Gasteiger partial charge < -0.3 is 24.8 Å². The second-order valence-corrected chi connectivity index (χ2v) is 11.1. The predicted molar refractivity (Wildman–Crippen MR) is 85.5 cm³/mol. The van der Waals surface area contributed by atoms with Gasteiger partial charge in [-0.1, -0.05) is 0 Å². The van der Waals surface area contributed by atoms with Crippen molar-refractivity contribution in [3.63, 3.8) is 0 Å². The first kappa shape index (κ1) is 20.4. The molecule has 3 aliphatic carbocycles. The molecule has 0 amide bonds. The van der Waals surface area contributed by atoms with Crippen LogP contribution in [0.2, 0.25) is 3.63 Å². The zero-order valence-electron chi connectivity index (χ0n) is 13.5. The smallest absolute Gasteiger partial charge is 1.00 e. The van der Waals surface area contributed by atoms with Crippen molar-refractivity contribution in [1.82, 2.24) is 0 Å². The van der Waals surface area contributed by atoms with Crippen molar-refractivity contribution < 1.29 is 52.0 Å². The fourth-order valence-corrected chi connectivity index (χ4v) is 8.25. The van der Waals surface area contributed by atoms with E-state index >= 15 is 0 Å². The van der Waals surface area contributed by atoms with Crippen LogP contribution in [0.1, 0.15) is 46.0 Å². The van der Waals surface area contributed by atoms with Crippen LogP contribution in [0.3, 0.4) is 0 Å². The molecule has 0 heterocycles. The summed E-state index contributed by atoms with van der Waals surface area (Å²) in [6, 6.07) is 0. The SMILES string of the molecule is C[C](C)=[Zr+2][CH]1C2=C(CCCC2)C(C2=CC=CC2)=C1O[SiH3].[Cl-].[Cl-]. The van der Waals surface area contributed by atoms with Crippen LogP contribution in [-0.4, -0.2) is 13.7 Å². The second kappa shape index (κ2) is 8.97. The van der Waals surface area contributed by atoms with Crippen molar-refractivity contribution in [2.45, 2.75) is 49.6 Å². The molecule has 1 nitrogen and oxygen atoms in total. The number of hydrogen-bond acceptors (Lipinski definition) is 1. The van der Waals surface area contributed by atoms with Crippen LogP contribution in [0.4, 0.5) is 0 Å². The van der Waals surface area contributed by atoms with Crippen molar-refractivity contribution in [3.05, 3.63) is 46.3 Å². The molecule has 0 saturated heterocycles. The van der Waals surface area contributed by atoms with E-state index in [0.29, 0.717) is 3.63 Å². The van der Waals surface area contributed by atoms with Crippen LogP contribution < -0.4 is 24.8 Å². The van der Waals surface area contributed by atoms with Gasteiger partial charge >= 0.3 is 137 Å². The normalized spacial score (nSPS) is 22.6. The Hall–Kier alpha value is 0.310. The van der Waals surface area contributed by atoms with Gasteiger partial charge in [0.05, 0.1) is 0 Å². The zero-order chi connectivity index (χ0) is 14.1. The van der Waals surface area contributed by atoms with E-state index in [1.807, 2.05) is 0 Å². The molecule has 0 bridgehead atoms. The van der Waals surface area contributed by atoms with Gasteiger partial charge in [0.15, 0.2) is 0 Å². The number of rotatable bonds is 3. The Morgan fingerprint density at radius 3 is 2.55 bits per heavy atom. The van der Waals surface area contributed by atoms with Crippen molar-refractivity contribution in [3.8, 4) is 0 Å². The summed E-state index contributed by atoms with van der Waals surface area (Å²) in [6.45, 7) is 4.66. The van der Waals surface area contributed by atoms with Crippen LogP contribution in [0.5, 0.6) is 0 Å². The van der Waals surface area contributed by atoms with Gasteiger partial charge in [-0.2, -0.15) is 0 Å². The van der Waals surface area contributed by atoms with Gasteiger partial charge in [0.25, 0.3) is 0 Å². The molecule has 0 spiro atoms. The number of hydrogen-bond donors (Lipinski definition) is 0. The first-order valence-electron chi connectivity index (χ1n) is 7.65. The summed E-state index contributed by atoms with van der Waals surface area (Å²) in [4.78, 5) is 0. The summed E-state index contributed by atoms with van der Waals surface area (Å²) in [7, 11) is 0.823. The molecule has 0 fully saturated rings. The summed E-state index contributed by atoms with van der Waals surface area (Å²) in [5.41, 5.74) is 6.51. The molecule has 0 saturated carbocycles. The van der Waals surface area contributed by atoms with Gasteiger partial charge in [-0.05, 0) is 0 Å². The molecule has 1 atom stereocenters. The third kappa shape index (κ3) is 3.86. The minimum absolute atomic E-state index is 0. The summed E-state index contributed by atoms with van der Waals surface area (Å²) >= 11 is -0.518. The molecule has 1 unspecified atom stereocenters. The van der Waals surface area contributed by atoms with Gasteiger partial charge in [0, 0.05) is 0 Å². The second-order valence-electron chi connectivity index (χ2n) is 6.06. The fourth-order valence-electron chi connectivity index (χ4n) is 3.63. The fraction of sp³-hybridized carbons (Fsp3) is 0.471. The molecule has 0 N–H and O–H groups in total. The van der Waals surface area contributed by atoms with E-state index in [1.54, 1.807) is 14.4 Å². The number of halogens is 2. The molecule has 0 aromatic carbocycles. The van der Waals surface area contributed by atoms with Gasteiger partial charge in [0.1, 0.15) is 0 Å². The maximum atomic E-state index is 6.08. The van der Waals surface area contributed by atoms with Crippen molar-refractivity contribution in [2.24, 2.45) is 0 Å². The Bertz CT molecular complexity index is 583. The molecule has 0 aliphatic heterocycles. The molecule has 119 valence electrons. The minimum Gasteiger partial charge on any atom is -1.00 e. The van der Waals surface area contributed by atoms with E-state index in [9.17, 15) is 0 Å². The van der Waals surface area contributed by atoms with E-state index in [4.69, 9.17) is 4.43 Å². The third-order valence-corrected chi connectivity index (χ3v) is 8.48. The quantitative estimate of drug-likeness (QED) is 0.444. The van der Waals surface area contributed by atoms with Gasteiger partial charge in [-0.25, -0.2) is 0 Å². The summed E-state index contributed by atoms with van der Waals surface area (Å²) in [6.07, 6.45) is 13.3. The van der Waals surface area contributed by atoms with Gasteiger partial charge in [-0.3, -0.25) is 0 Å². The Kier molecular flexibility index (Phi) is 8.30. The monoisotopic (exact) mass is 431 g/mol. The number of allylic oxidation sites excluding steroid dienone is 7. The van der Waals surface area contributed by atoms with E-state index in [2.05, 4.69) is 32.1 Å². The van der Waals surface area contributed by atoms with Gasteiger partial charge in [0.2, 0.25) is 0 Å². The molecular weight excluding hydrogens is 410 g/mol. The molecule has 22 heavy (non-hydrogen) atoms. The average Bonchev–Trinajstić information content (AvgIpc) is 3.04. The molecule has 0 aromatic rings.